The predicted molar refractivity (Wildman–Crippen MR) is 114 cm³/mol. The van der Waals surface area contributed by atoms with E-state index in [1.54, 1.807) is 30.3 Å². The summed E-state index contributed by atoms with van der Waals surface area (Å²) in [5.41, 5.74) is 2.24. The minimum absolute atomic E-state index is 0.0833. The summed E-state index contributed by atoms with van der Waals surface area (Å²) in [7, 11) is -3.48. The van der Waals surface area contributed by atoms with E-state index in [9.17, 15) is 13.5 Å². The van der Waals surface area contributed by atoms with Crippen LogP contribution in [0.5, 0.6) is 5.75 Å². The maximum absolute atomic E-state index is 12.4. The largest absolute Gasteiger partial charge is 0.491 e. The molecule has 7 heteroatoms. The standard InChI is InChI=1S/C22H30N2O4S/c1-17-8-9-22(18(2)14-17)28-16-20(25)15-24-12-10-19(11-13-24)23-29(26,27)21-6-4-3-5-7-21/h3-9,14,19-20,23,25H,10-13,15-16H2,1-2H3/t20-/m1/s1. The summed E-state index contributed by atoms with van der Waals surface area (Å²) in [5.74, 6) is 0.795. The van der Waals surface area contributed by atoms with Gasteiger partial charge in [-0.25, -0.2) is 13.1 Å². The normalized spacial score (nSPS) is 17.2. The fraction of sp³-hybridized carbons (Fsp3) is 0.455. The zero-order chi connectivity index (χ0) is 20.9. The van der Waals surface area contributed by atoms with Crippen molar-refractivity contribution in [2.75, 3.05) is 26.2 Å². The van der Waals surface area contributed by atoms with Crippen molar-refractivity contribution in [1.82, 2.24) is 9.62 Å². The van der Waals surface area contributed by atoms with Crippen LogP contribution in [0.4, 0.5) is 0 Å². The van der Waals surface area contributed by atoms with E-state index in [1.807, 2.05) is 26.0 Å². The van der Waals surface area contributed by atoms with Gasteiger partial charge in [-0.15, -0.1) is 0 Å². The number of nitrogens with one attached hydrogen (secondary N) is 1. The van der Waals surface area contributed by atoms with Crippen molar-refractivity contribution in [3.8, 4) is 5.75 Å². The molecule has 1 saturated heterocycles. The number of likely N-dealkylation sites (tertiary alicyclic amines) is 1. The number of β-amino-alcohol motifs (C(OH)–C–C–N with tert-alkyl or cyclic N) is 1. The minimum Gasteiger partial charge on any atom is -0.491 e. The zero-order valence-corrected chi connectivity index (χ0v) is 17.9. The van der Waals surface area contributed by atoms with Gasteiger partial charge in [-0.1, -0.05) is 35.9 Å². The Hall–Kier alpha value is -1.93. The molecule has 29 heavy (non-hydrogen) atoms. The number of rotatable bonds is 8. The molecule has 0 unspecified atom stereocenters. The molecule has 1 aliphatic rings. The molecule has 158 valence electrons. The highest BCUT2D eigenvalue weighted by atomic mass is 32.2. The predicted octanol–water partition coefficient (Wildman–Crippen LogP) is 2.49. The van der Waals surface area contributed by atoms with Crippen LogP contribution in [0, 0.1) is 13.8 Å². The van der Waals surface area contributed by atoms with Crippen molar-refractivity contribution in [1.29, 1.82) is 0 Å². The van der Waals surface area contributed by atoms with Gasteiger partial charge in [0, 0.05) is 12.6 Å². The van der Waals surface area contributed by atoms with Crippen LogP contribution in [0.15, 0.2) is 53.4 Å². The number of nitrogens with zero attached hydrogens (tertiary/aromatic N) is 1. The van der Waals surface area contributed by atoms with Gasteiger partial charge < -0.3 is 14.7 Å². The molecular weight excluding hydrogens is 388 g/mol. The first-order chi connectivity index (χ1) is 13.8. The van der Waals surface area contributed by atoms with Crippen molar-refractivity contribution < 1.29 is 18.3 Å². The average molecular weight is 419 g/mol. The minimum atomic E-state index is -3.48. The second-order valence-corrected chi connectivity index (χ2v) is 9.46. The Morgan fingerprint density at radius 2 is 1.83 bits per heavy atom. The first-order valence-electron chi connectivity index (χ1n) is 10.0. The molecule has 0 amide bonds. The molecular formula is C22H30N2O4S. The second-order valence-electron chi connectivity index (χ2n) is 7.74. The Bertz CT molecular complexity index is 894. The highest BCUT2D eigenvalue weighted by molar-refractivity contribution is 7.89. The van der Waals surface area contributed by atoms with Crippen molar-refractivity contribution >= 4 is 10.0 Å². The molecule has 3 rings (SSSR count). The maximum atomic E-state index is 12.4. The molecule has 0 aromatic heterocycles. The SMILES string of the molecule is Cc1ccc(OC[C@H](O)CN2CCC(NS(=O)(=O)c3ccccc3)CC2)c(C)c1. The summed E-state index contributed by atoms with van der Waals surface area (Å²) in [6, 6.07) is 14.3. The van der Waals surface area contributed by atoms with Crippen LogP contribution in [-0.2, 0) is 10.0 Å². The van der Waals surface area contributed by atoms with E-state index < -0.39 is 16.1 Å². The molecule has 1 fully saturated rings. The highest BCUT2D eigenvalue weighted by Crippen LogP contribution is 2.19. The molecule has 1 heterocycles. The lowest BCUT2D eigenvalue weighted by Crippen LogP contribution is -2.47. The van der Waals surface area contributed by atoms with E-state index in [4.69, 9.17) is 4.74 Å². The lowest BCUT2D eigenvalue weighted by Gasteiger charge is -2.33. The number of hydrogen-bond donors (Lipinski definition) is 2. The third-order valence-corrected chi connectivity index (χ3v) is 6.73. The molecule has 2 aromatic carbocycles. The number of hydrogen-bond acceptors (Lipinski definition) is 5. The van der Waals surface area contributed by atoms with Crippen LogP contribution in [0.3, 0.4) is 0 Å². The molecule has 2 aromatic rings. The highest BCUT2D eigenvalue weighted by Gasteiger charge is 2.25. The van der Waals surface area contributed by atoms with Crippen LogP contribution < -0.4 is 9.46 Å². The number of aliphatic hydroxyl groups is 1. The summed E-state index contributed by atoms with van der Waals surface area (Å²) < 4.78 is 33.5. The molecule has 1 atom stereocenters. The summed E-state index contributed by atoms with van der Waals surface area (Å²) in [6.07, 6.45) is 0.848. The van der Waals surface area contributed by atoms with Crippen molar-refractivity contribution in [2.45, 2.75) is 43.7 Å². The van der Waals surface area contributed by atoms with Crippen LogP contribution in [-0.4, -0.2) is 56.8 Å². The fourth-order valence-electron chi connectivity index (χ4n) is 3.62. The molecule has 0 bridgehead atoms. The quantitative estimate of drug-likeness (QED) is 0.689. The molecule has 0 spiro atoms. The van der Waals surface area contributed by atoms with Crippen molar-refractivity contribution in [2.24, 2.45) is 0 Å². The van der Waals surface area contributed by atoms with E-state index in [0.717, 1.165) is 37.2 Å². The summed E-state index contributed by atoms with van der Waals surface area (Å²) in [5, 5.41) is 10.3. The van der Waals surface area contributed by atoms with Gasteiger partial charge >= 0.3 is 0 Å². The van der Waals surface area contributed by atoms with Crippen LogP contribution >= 0.6 is 0 Å². The first-order valence-corrected chi connectivity index (χ1v) is 11.5. The topological polar surface area (TPSA) is 78.9 Å². The molecule has 2 N–H and O–H groups in total. The Labute approximate surface area is 173 Å². The van der Waals surface area contributed by atoms with E-state index in [0.29, 0.717) is 11.4 Å². The number of piperidine rings is 1. The van der Waals surface area contributed by atoms with Crippen LogP contribution in [0.2, 0.25) is 0 Å². The van der Waals surface area contributed by atoms with Gasteiger partial charge in [0.2, 0.25) is 10.0 Å². The summed E-state index contributed by atoms with van der Waals surface area (Å²) in [6.45, 7) is 6.27. The summed E-state index contributed by atoms with van der Waals surface area (Å²) >= 11 is 0. The van der Waals surface area contributed by atoms with Crippen LogP contribution in [0.25, 0.3) is 0 Å². The van der Waals surface area contributed by atoms with E-state index in [1.165, 1.54) is 5.56 Å². The molecule has 6 nitrogen and oxygen atoms in total. The van der Waals surface area contributed by atoms with Gasteiger partial charge in [0.05, 0.1) is 4.90 Å². The smallest absolute Gasteiger partial charge is 0.240 e. The Morgan fingerprint density at radius 1 is 1.14 bits per heavy atom. The van der Waals surface area contributed by atoms with Crippen molar-refractivity contribution in [3.63, 3.8) is 0 Å². The Balaban J connectivity index is 1.42. The maximum Gasteiger partial charge on any atom is 0.240 e. The van der Waals surface area contributed by atoms with Gasteiger partial charge in [-0.05, 0) is 63.5 Å². The number of ether oxygens (including phenoxy) is 1. The molecule has 1 aliphatic heterocycles. The monoisotopic (exact) mass is 418 g/mol. The van der Waals surface area contributed by atoms with E-state index in [-0.39, 0.29) is 12.6 Å². The van der Waals surface area contributed by atoms with Gasteiger partial charge in [0.15, 0.2) is 0 Å². The number of aryl methyl sites for hydroxylation is 2. The lowest BCUT2D eigenvalue weighted by molar-refractivity contribution is 0.0588. The number of aliphatic hydroxyl groups excluding tert-OH is 1. The first kappa shape index (κ1) is 21.8. The second kappa shape index (κ2) is 9.71. The Kier molecular flexibility index (Phi) is 7.29. The van der Waals surface area contributed by atoms with Gasteiger partial charge in [0.25, 0.3) is 0 Å². The third kappa shape index (κ3) is 6.27. The van der Waals surface area contributed by atoms with Gasteiger partial charge in [-0.3, -0.25) is 0 Å². The average Bonchev–Trinajstić information content (AvgIpc) is 2.69. The van der Waals surface area contributed by atoms with E-state index >= 15 is 0 Å². The number of benzene rings is 2. The van der Waals surface area contributed by atoms with Gasteiger partial charge in [-0.2, -0.15) is 0 Å². The third-order valence-electron chi connectivity index (χ3n) is 5.19. The molecule has 0 radical (unpaired) electrons. The molecule has 0 saturated carbocycles. The number of sulfonamides is 1. The zero-order valence-electron chi connectivity index (χ0n) is 17.0. The van der Waals surface area contributed by atoms with Gasteiger partial charge in [0.1, 0.15) is 18.5 Å². The van der Waals surface area contributed by atoms with Crippen molar-refractivity contribution in [3.05, 3.63) is 59.7 Å². The van der Waals surface area contributed by atoms with E-state index in [2.05, 4.69) is 15.7 Å². The Morgan fingerprint density at radius 3 is 2.48 bits per heavy atom. The fourth-order valence-corrected chi connectivity index (χ4v) is 4.94. The van der Waals surface area contributed by atoms with Crippen LogP contribution in [0.1, 0.15) is 24.0 Å². The summed E-state index contributed by atoms with van der Waals surface area (Å²) in [4.78, 5) is 2.45. The molecule has 0 aliphatic carbocycles. The lowest BCUT2D eigenvalue weighted by atomic mass is 10.1.